The molecule has 2 aromatic carbocycles. The predicted molar refractivity (Wildman–Crippen MR) is 106 cm³/mol. The molecule has 0 aliphatic carbocycles. The van der Waals surface area contributed by atoms with Crippen LogP contribution in [0.3, 0.4) is 0 Å². The third-order valence-electron chi connectivity index (χ3n) is 3.32. The van der Waals surface area contributed by atoms with Crippen LogP contribution in [0, 0.1) is 26.2 Å². The van der Waals surface area contributed by atoms with Crippen LogP contribution < -0.4 is 5.73 Å². The second kappa shape index (κ2) is 9.51. The van der Waals surface area contributed by atoms with Gasteiger partial charge in [-0.3, -0.25) is 14.8 Å². The lowest BCUT2D eigenvalue weighted by molar-refractivity contribution is 0.102. The lowest BCUT2D eigenvalue weighted by Crippen LogP contribution is -2.09. The second-order valence-electron chi connectivity index (χ2n) is 5.65. The SMILES string of the molecule is Cc1cc(C)c(S(=O)(=O)O)c(C)c1.N=C(N)SCC(=O)c1ccccc1. The molecular formula is C18H22N2O4S2. The van der Waals surface area contributed by atoms with Crippen LogP contribution in [-0.2, 0) is 10.1 Å². The minimum Gasteiger partial charge on any atom is -0.379 e. The van der Waals surface area contributed by atoms with E-state index in [1.807, 2.05) is 25.1 Å². The van der Waals surface area contributed by atoms with Crippen LogP contribution in [0.4, 0.5) is 0 Å². The predicted octanol–water partition coefficient (Wildman–Crippen LogP) is 3.35. The zero-order valence-corrected chi connectivity index (χ0v) is 16.4. The summed E-state index contributed by atoms with van der Waals surface area (Å²) >= 11 is 1.05. The Bertz CT molecular complexity index is 872. The van der Waals surface area contributed by atoms with E-state index in [1.54, 1.807) is 38.1 Å². The van der Waals surface area contributed by atoms with Crippen molar-refractivity contribution in [3.05, 3.63) is 64.7 Å². The van der Waals surface area contributed by atoms with E-state index in [9.17, 15) is 13.2 Å². The number of amidine groups is 1. The van der Waals surface area contributed by atoms with Gasteiger partial charge in [0.2, 0.25) is 0 Å². The molecule has 0 saturated carbocycles. The second-order valence-corrected chi connectivity index (χ2v) is 8.02. The average molecular weight is 395 g/mol. The first-order valence-corrected chi connectivity index (χ1v) is 10.1. The van der Waals surface area contributed by atoms with Gasteiger partial charge in [0.15, 0.2) is 11.0 Å². The minimum atomic E-state index is -4.08. The van der Waals surface area contributed by atoms with E-state index in [0.717, 1.165) is 17.3 Å². The standard InChI is InChI=1S/C9H10N2OS.C9H12O3S/c10-9(11)13-6-8(12)7-4-2-1-3-5-7;1-6-4-7(2)9(8(3)5-6)13(10,11)12/h1-5H,6H2,(H3,10,11);4-5H,1-3H3,(H,10,11,12). The number of nitrogens with one attached hydrogen (secondary N) is 1. The van der Waals surface area contributed by atoms with Crippen molar-refractivity contribution in [1.29, 1.82) is 5.41 Å². The molecule has 4 N–H and O–H groups in total. The highest BCUT2D eigenvalue weighted by atomic mass is 32.2. The molecule has 0 radical (unpaired) electrons. The van der Waals surface area contributed by atoms with Crippen molar-refractivity contribution in [2.75, 3.05) is 5.75 Å². The van der Waals surface area contributed by atoms with Crippen molar-refractivity contribution >= 4 is 32.8 Å². The monoisotopic (exact) mass is 394 g/mol. The van der Waals surface area contributed by atoms with Gasteiger partial charge in [-0.25, -0.2) is 0 Å². The van der Waals surface area contributed by atoms with E-state index < -0.39 is 10.1 Å². The van der Waals surface area contributed by atoms with Crippen molar-refractivity contribution in [3.8, 4) is 0 Å². The highest BCUT2D eigenvalue weighted by Crippen LogP contribution is 2.20. The smallest absolute Gasteiger partial charge is 0.295 e. The van der Waals surface area contributed by atoms with Gasteiger partial charge in [0.25, 0.3) is 10.1 Å². The van der Waals surface area contributed by atoms with E-state index in [2.05, 4.69) is 0 Å². The van der Waals surface area contributed by atoms with Crippen LogP contribution in [0.5, 0.6) is 0 Å². The van der Waals surface area contributed by atoms with Crippen LogP contribution in [0.15, 0.2) is 47.4 Å². The molecule has 0 bridgehead atoms. The Kier molecular flexibility index (Phi) is 8.01. The highest BCUT2D eigenvalue weighted by Gasteiger charge is 2.16. The molecule has 0 saturated heterocycles. The van der Waals surface area contributed by atoms with Gasteiger partial charge in [-0.2, -0.15) is 8.42 Å². The third-order valence-corrected chi connectivity index (χ3v) is 5.19. The molecule has 2 aromatic rings. The number of carbonyl (C=O) groups is 1. The molecule has 0 unspecified atom stereocenters. The Morgan fingerprint density at radius 2 is 1.62 bits per heavy atom. The molecule has 0 aliphatic heterocycles. The Hall–Kier alpha value is -2.16. The number of Topliss-reactive ketones (excluding diaryl/α,β-unsaturated/α-hetero) is 1. The molecule has 0 fully saturated rings. The normalized spacial score (nSPS) is 10.6. The lowest BCUT2D eigenvalue weighted by Gasteiger charge is -2.07. The summed E-state index contributed by atoms with van der Waals surface area (Å²) in [5, 5.41) is 6.91. The Morgan fingerprint density at radius 3 is 2.04 bits per heavy atom. The number of thioether (sulfide) groups is 1. The molecular weight excluding hydrogens is 372 g/mol. The van der Waals surface area contributed by atoms with Gasteiger partial charge in [-0.05, 0) is 31.9 Å². The third kappa shape index (κ3) is 6.99. The minimum absolute atomic E-state index is 0.000741. The summed E-state index contributed by atoms with van der Waals surface area (Å²) in [6, 6.07) is 12.4. The fourth-order valence-electron chi connectivity index (χ4n) is 2.42. The van der Waals surface area contributed by atoms with Gasteiger partial charge in [0.05, 0.1) is 10.6 Å². The van der Waals surface area contributed by atoms with Crippen LogP contribution in [0.2, 0.25) is 0 Å². The van der Waals surface area contributed by atoms with Gasteiger partial charge in [-0.1, -0.05) is 59.8 Å². The molecule has 26 heavy (non-hydrogen) atoms. The maximum atomic E-state index is 11.4. The zero-order valence-electron chi connectivity index (χ0n) is 14.8. The summed E-state index contributed by atoms with van der Waals surface area (Å²) in [6.07, 6.45) is 0. The molecule has 0 atom stereocenters. The van der Waals surface area contributed by atoms with Gasteiger partial charge < -0.3 is 5.73 Å². The molecule has 0 aliphatic rings. The van der Waals surface area contributed by atoms with Crippen LogP contribution in [0.25, 0.3) is 0 Å². The van der Waals surface area contributed by atoms with E-state index in [0.29, 0.717) is 16.7 Å². The molecule has 0 aromatic heterocycles. The molecule has 0 heterocycles. The van der Waals surface area contributed by atoms with Crippen LogP contribution in [-0.4, -0.2) is 29.7 Å². The fraction of sp³-hybridized carbons (Fsp3) is 0.222. The van der Waals surface area contributed by atoms with Crippen LogP contribution >= 0.6 is 11.8 Å². The van der Waals surface area contributed by atoms with Crippen molar-refractivity contribution < 1.29 is 17.8 Å². The molecule has 0 spiro atoms. The molecule has 140 valence electrons. The quantitative estimate of drug-likeness (QED) is 0.316. The van der Waals surface area contributed by atoms with Gasteiger partial charge in [0.1, 0.15) is 0 Å². The number of hydrogen-bond acceptors (Lipinski definition) is 5. The first-order chi connectivity index (χ1) is 12.0. The Balaban J connectivity index is 0.000000260. The largest absolute Gasteiger partial charge is 0.379 e. The maximum Gasteiger partial charge on any atom is 0.295 e. The van der Waals surface area contributed by atoms with Crippen LogP contribution in [0.1, 0.15) is 27.0 Å². The molecule has 6 nitrogen and oxygen atoms in total. The highest BCUT2D eigenvalue weighted by molar-refractivity contribution is 8.14. The molecule has 0 amide bonds. The van der Waals surface area contributed by atoms with Crippen molar-refractivity contribution in [2.45, 2.75) is 25.7 Å². The first kappa shape index (κ1) is 21.9. The number of aryl methyl sites for hydroxylation is 3. The lowest BCUT2D eigenvalue weighted by atomic mass is 10.1. The van der Waals surface area contributed by atoms with Gasteiger partial charge in [-0.15, -0.1) is 0 Å². The van der Waals surface area contributed by atoms with Gasteiger partial charge in [0, 0.05) is 5.56 Å². The summed E-state index contributed by atoms with van der Waals surface area (Å²) in [7, 11) is -4.08. The van der Waals surface area contributed by atoms with E-state index in [-0.39, 0.29) is 21.6 Å². The van der Waals surface area contributed by atoms with Gasteiger partial charge >= 0.3 is 0 Å². The van der Waals surface area contributed by atoms with Crippen molar-refractivity contribution in [1.82, 2.24) is 0 Å². The molecule has 2 rings (SSSR count). The van der Waals surface area contributed by atoms with E-state index in [1.165, 1.54) is 0 Å². The zero-order chi connectivity index (χ0) is 19.9. The number of benzene rings is 2. The van der Waals surface area contributed by atoms with E-state index >= 15 is 0 Å². The summed E-state index contributed by atoms with van der Waals surface area (Å²) in [5.41, 5.74) is 7.93. The van der Waals surface area contributed by atoms with E-state index in [4.69, 9.17) is 15.7 Å². The number of rotatable bonds is 4. The fourth-order valence-corrected chi connectivity index (χ4v) is 3.81. The maximum absolute atomic E-state index is 11.4. The summed E-state index contributed by atoms with van der Waals surface area (Å²) in [5.74, 6) is 0.236. The number of hydrogen-bond donors (Lipinski definition) is 3. The molecule has 8 heteroatoms. The average Bonchev–Trinajstić information content (AvgIpc) is 2.51. The van der Waals surface area contributed by atoms with Crippen molar-refractivity contribution in [3.63, 3.8) is 0 Å². The number of carbonyl (C=O) groups excluding carboxylic acids is 1. The summed E-state index contributed by atoms with van der Waals surface area (Å²) in [6.45, 7) is 5.22. The number of nitrogens with two attached hydrogens (primary N) is 1. The Morgan fingerprint density at radius 1 is 1.12 bits per heavy atom. The number of ketones is 1. The Labute approximate surface area is 158 Å². The summed E-state index contributed by atoms with van der Waals surface area (Å²) in [4.78, 5) is 11.4. The summed E-state index contributed by atoms with van der Waals surface area (Å²) < 4.78 is 30.8. The first-order valence-electron chi connectivity index (χ1n) is 7.62. The van der Waals surface area contributed by atoms with Crippen molar-refractivity contribution in [2.24, 2.45) is 5.73 Å². The topological polar surface area (TPSA) is 121 Å².